The van der Waals surface area contributed by atoms with Gasteiger partial charge in [0.2, 0.25) is 0 Å². The van der Waals surface area contributed by atoms with Gasteiger partial charge in [-0.05, 0) is 33.2 Å². The third-order valence-electron chi connectivity index (χ3n) is 7.16. The van der Waals surface area contributed by atoms with Crippen LogP contribution in [0.3, 0.4) is 0 Å². The summed E-state index contributed by atoms with van der Waals surface area (Å²) >= 11 is 0. The van der Waals surface area contributed by atoms with Gasteiger partial charge in [-0.15, -0.1) is 5.10 Å². The minimum atomic E-state index is -1.32. The number of hydrogen-bond donors (Lipinski definition) is 0. The normalized spacial score (nSPS) is 21.3. The minimum absolute atomic E-state index is 0.0861. The highest BCUT2D eigenvalue weighted by Gasteiger charge is 2.53. The maximum absolute atomic E-state index is 12.2. The van der Waals surface area contributed by atoms with Crippen molar-refractivity contribution < 1.29 is 47.6 Å². The quantitative estimate of drug-likeness (QED) is 0.145. The number of ether oxygens (including phenoxy) is 6. The van der Waals surface area contributed by atoms with Gasteiger partial charge in [0.1, 0.15) is 18.4 Å². The first-order valence-electron chi connectivity index (χ1n) is 14.3. The summed E-state index contributed by atoms with van der Waals surface area (Å²) in [6.07, 6.45) is -4.66. The third-order valence-corrected chi connectivity index (χ3v) is 7.16. The van der Waals surface area contributed by atoms with Crippen LogP contribution in [0.4, 0.5) is 0 Å². The number of carbonyl (C=O) groups excluding carboxylic acids is 4. The fraction of sp³-hybridized carbons (Fsp3) is 0.375. The first-order chi connectivity index (χ1) is 21.6. The summed E-state index contributed by atoms with van der Waals surface area (Å²) in [7, 11) is 0. The largest absolute Gasteiger partial charge is 0.463 e. The van der Waals surface area contributed by atoms with Gasteiger partial charge in [0, 0.05) is 27.7 Å². The van der Waals surface area contributed by atoms with E-state index in [0.29, 0.717) is 12.3 Å². The monoisotopic (exact) mass is 619 g/mol. The minimum Gasteiger partial charge on any atom is -0.463 e. The van der Waals surface area contributed by atoms with Crippen LogP contribution in [0.2, 0.25) is 0 Å². The molecule has 5 atom stereocenters. The Bertz CT molecular complexity index is 1670. The molecule has 1 aliphatic heterocycles. The first-order valence-corrected chi connectivity index (χ1v) is 14.3. The predicted octanol–water partition coefficient (Wildman–Crippen LogP) is 3.56. The summed E-state index contributed by atoms with van der Waals surface area (Å²) in [5, 5.41) is 12.7. The lowest BCUT2D eigenvalue weighted by Gasteiger charge is -2.44. The van der Waals surface area contributed by atoms with E-state index in [1.807, 2.05) is 24.3 Å². The Morgan fingerprint density at radius 1 is 0.756 bits per heavy atom. The van der Waals surface area contributed by atoms with Crippen molar-refractivity contribution >= 4 is 45.4 Å². The van der Waals surface area contributed by atoms with Crippen molar-refractivity contribution in [3.63, 3.8) is 0 Å². The molecule has 0 unspecified atom stereocenters. The molecule has 4 aromatic rings. The maximum atomic E-state index is 12.2. The molecule has 0 aliphatic carbocycles. The highest BCUT2D eigenvalue weighted by Crippen LogP contribution is 2.35. The number of carbonyl (C=O) groups is 4. The highest BCUT2D eigenvalue weighted by molar-refractivity contribution is 6.02. The van der Waals surface area contributed by atoms with E-state index in [2.05, 4.69) is 40.6 Å². The van der Waals surface area contributed by atoms with Gasteiger partial charge in [-0.2, -0.15) is 0 Å². The van der Waals surface area contributed by atoms with Gasteiger partial charge in [0.25, 0.3) is 0 Å². The first kappa shape index (κ1) is 31.5. The maximum Gasteiger partial charge on any atom is 0.303 e. The lowest BCUT2D eigenvalue weighted by Crippen LogP contribution is -2.60. The second-order valence-electron chi connectivity index (χ2n) is 10.6. The zero-order valence-corrected chi connectivity index (χ0v) is 25.2. The fourth-order valence-electron chi connectivity index (χ4n) is 5.44. The van der Waals surface area contributed by atoms with Gasteiger partial charge < -0.3 is 28.4 Å². The SMILES string of the molecule is CC(=O)OC[C@H]1O[C@@H](n2cc(COCc3c4ccccc4cc4ccccc34)nn2)[C@H](OC(C)=O)[C@@H](OC(C)=O)[C@@H]1OC(C)=O. The highest BCUT2D eigenvalue weighted by atomic mass is 16.7. The van der Waals surface area contributed by atoms with Crippen LogP contribution in [-0.2, 0) is 60.8 Å². The Hall–Kier alpha value is -4.88. The lowest BCUT2D eigenvalue weighted by atomic mass is 9.97. The van der Waals surface area contributed by atoms with Crippen LogP contribution in [0.5, 0.6) is 0 Å². The molecule has 1 fully saturated rings. The number of esters is 4. The summed E-state index contributed by atoms with van der Waals surface area (Å²) in [5.41, 5.74) is 1.48. The van der Waals surface area contributed by atoms with E-state index in [0.717, 1.165) is 41.0 Å². The zero-order valence-electron chi connectivity index (χ0n) is 25.2. The van der Waals surface area contributed by atoms with Crippen molar-refractivity contribution in [3.8, 4) is 0 Å². The van der Waals surface area contributed by atoms with Crippen LogP contribution in [0.1, 0.15) is 45.2 Å². The molecule has 45 heavy (non-hydrogen) atoms. The molecule has 2 heterocycles. The smallest absolute Gasteiger partial charge is 0.303 e. The number of nitrogens with zero attached hydrogens (tertiary/aromatic N) is 3. The van der Waals surface area contributed by atoms with Gasteiger partial charge in [0.05, 0.1) is 19.4 Å². The van der Waals surface area contributed by atoms with E-state index < -0.39 is 54.5 Å². The third kappa shape index (κ3) is 7.44. The number of fused-ring (bicyclic) bond motifs is 2. The Balaban J connectivity index is 1.40. The zero-order chi connectivity index (χ0) is 32.1. The van der Waals surface area contributed by atoms with Crippen LogP contribution in [0.15, 0.2) is 60.8 Å². The fourth-order valence-corrected chi connectivity index (χ4v) is 5.44. The van der Waals surface area contributed by atoms with Crippen LogP contribution in [0, 0.1) is 0 Å². The summed E-state index contributed by atoms with van der Waals surface area (Å²) in [5.74, 6) is -2.76. The summed E-state index contributed by atoms with van der Waals surface area (Å²) < 4.78 is 35.1. The van der Waals surface area contributed by atoms with E-state index >= 15 is 0 Å². The molecule has 236 valence electrons. The average molecular weight is 620 g/mol. The Kier molecular flexibility index (Phi) is 9.69. The van der Waals surface area contributed by atoms with Crippen molar-refractivity contribution in [1.29, 1.82) is 0 Å². The van der Waals surface area contributed by atoms with Gasteiger partial charge in [0.15, 0.2) is 24.5 Å². The summed E-state index contributed by atoms with van der Waals surface area (Å²) in [6, 6.07) is 18.3. The van der Waals surface area contributed by atoms with Gasteiger partial charge in [-0.25, -0.2) is 4.68 Å². The van der Waals surface area contributed by atoms with E-state index in [9.17, 15) is 19.2 Å². The molecule has 13 nitrogen and oxygen atoms in total. The standard InChI is InChI=1S/C32H33N3O10/c1-18(36)41-17-28-29(42-19(2)37)30(43-20(3)38)31(44-21(4)39)32(45-28)35-14-24(33-34-35)15-40-16-27-25-11-7-5-9-22(25)13-23-10-6-8-12-26(23)27/h5-14,28-32H,15-17H2,1-4H3/t28-,29-,30+,31-,32-/m1/s1. The van der Waals surface area contributed by atoms with Crippen LogP contribution in [0.25, 0.3) is 21.5 Å². The van der Waals surface area contributed by atoms with Crippen molar-refractivity contribution in [3.05, 3.63) is 72.1 Å². The van der Waals surface area contributed by atoms with Crippen molar-refractivity contribution in [1.82, 2.24) is 15.0 Å². The molecule has 1 saturated heterocycles. The second-order valence-corrected chi connectivity index (χ2v) is 10.6. The number of rotatable bonds is 10. The second kappa shape index (κ2) is 13.8. The molecular formula is C32H33N3O10. The molecule has 1 aromatic heterocycles. The Morgan fingerprint density at radius 2 is 1.33 bits per heavy atom. The average Bonchev–Trinajstić information content (AvgIpc) is 3.46. The molecule has 0 saturated carbocycles. The Labute approximate surface area is 258 Å². The van der Waals surface area contributed by atoms with Crippen molar-refractivity contribution in [2.75, 3.05) is 6.61 Å². The molecule has 0 spiro atoms. The predicted molar refractivity (Wildman–Crippen MR) is 157 cm³/mol. The molecular weight excluding hydrogens is 586 g/mol. The van der Waals surface area contributed by atoms with Gasteiger partial charge in [-0.3, -0.25) is 19.2 Å². The molecule has 0 bridgehead atoms. The molecule has 13 heteroatoms. The van der Waals surface area contributed by atoms with Gasteiger partial charge >= 0.3 is 23.9 Å². The molecule has 3 aromatic carbocycles. The van der Waals surface area contributed by atoms with E-state index in [-0.39, 0.29) is 13.2 Å². The van der Waals surface area contributed by atoms with E-state index in [1.54, 1.807) is 6.20 Å². The Morgan fingerprint density at radius 3 is 1.93 bits per heavy atom. The molecule has 5 rings (SSSR count). The number of aromatic nitrogens is 3. The summed E-state index contributed by atoms with van der Waals surface area (Å²) in [6.45, 7) is 4.73. The van der Waals surface area contributed by atoms with Crippen LogP contribution < -0.4 is 0 Å². The number of benzene rings is 3. The van der Waals surface area contributed by atoms with Crippen LogP contribution in [-0.4, -0.2) is 69.9 Å². The molecule has 0 amide bonds. The van der Waals surface area contributed by atoms with E-state index in [4.69, 9.17) is 28.4 Å². The summed E-state index contributed by atoms with van der Waals surface area (Å²) in [4.78, 5) is 47.9. The molecule has 1 aliphatic rings. The molecule has 0 N–H and O–H groups in total. The van der Waals surface area contributed by atoms with Crippen molar-refractivity contribution in [2.24, 2.45) is 0 Å². The lowest BCUT2D eigenvalue weighted by molar-refractivity contribution is -0.270. The van der Waals surface area contributed by atoms with Crippen molar-refractivity contribution in [2.45, 2.75) is 71.6 Å². The number of hydrogen-bond acceptors (Lipinski definition) is 12. The molecule has 0 radical (unpaired) electrons. The van der Waals surface area contributed by atoms with E-state index in [1.165, 1.54) is 18.5 Å². The van der Waals surface area contributed by atoms with Gasteiger partial charge in [-0.1, -0.05) is 53.7 Å². The van der Waals surface area contributed by atoms with Crippen LogP contribution >= 0.6 is 0 Å². The topological polar surface area (TPSA) is 154 Å².